The highest BCUT2D eigenvalue weighted by molar-refractivity contribution is 5.83. The molecule has 2 amide bonds. The Bertz CT molecular complexity index is 730. The average Bonchev–Trinajstić information content (AvgIpc) is 2.52. The largest absolute Gasteiger partial charge is 0.381 e. The quantitative estimate of drug-likeness (QED) is 0.509. The molecule has 1 aliphatic heterocycles. The van der Waals surface area contributed by atoms with Gasteiger partial charge in [-0.1, -0.05) is 0 Å². The molecule has 1 saturated heterocycles. The molecule has 0 atom stereocenters. The van der Waals surface area contributed by atoms with Crippen LogP contribution in [0.5, 0.6) is 0 Å². The third kappa shape index (κ3) is 4.10. The van der Waals surface area contributed by atoms with Crippen molar-refractivity contribution >= 4 is 11.8 Å². The number of hydrogen-bond donors (Lipinski definition) is 4. The standard InChI is InChI=1S/C15H22N4O5/c1-9-10(12(21)19-14(23)18-9)2-3-11(20)17-8-15(13(16)22)4-6-24-7-5-15/h2-8H2,1H3,(H2,16,22)(H,17,20)(H2,18,19,21,23). The Balaban J connectivity index is 1.93. The summed E-state index contributed by atoms with van der Waals surface area (Å²) in [5.41, 5.74) is 4.43. The van der Waals surface area contributed by atoms with Gasteiger partial charge in [0.05, 0.1) is 5.41 Å². The predicted molar refractivity (Wildman–Crippen MR) is 85.4 cm³/mol. The van der Waals surface area contributed by atoms with Gasteiger partial charge in [-0.2, -0.15) is 0 Å². The maximum absolute atomic E-state index is 12.0. The highest BCUT2D eigenvalue weighted by Gasteiger charge is 2.38. The number of nitrogens with two attached hydrogens (primary N) is 1. The summed E-state index contributed by atoms with van der Waals surface area (Å²) in [5, 5.41) is 2.72. The molecule has 132 valence electrons. The monoisotopic (exact) mass is 338 g/mol. The van der Waals surface area contributed by atoms with Crippen molar-refractivity contribution in [2.75, 3.05) is 19.8 Å². The van der Waals surface area contributed by atoms with Gasteiger partial charge in [-0.3, -0.25) is 19.4 Å². The lowest BCUT2D eigenvalue weighted by Gasteiger charge is -2.34. The third-order valence-electron chi connectivity index (χ3n) is 4.45. The van der Waals surface area contributed by atoms with Gasteiger partial charge in [0.15, 0.2) is 0 Å². The van der Waals surface area contributed by atoms with Crippen molar-refractivity contribution in [1.82, 2.24) is 15.3 Å². The van der Waals surface area contributed by atoms with E-state index in [1.807, 2.05) is 0 Å². The second-order valence-corrected chi connectivity index (χ2v) is 6.05. The molecule has 0 saturated carbocycles. The molecule has 24 heavy (non-hydrogen) atoms. The van der Waals surface area contributed by atoms with Gasteiger partial charge < -0.3 is 20.8 Å². The molecule has 9 nitrogen and oxygen atoms in total. The Morgan fingerprint density at radius 1 is 1.25 bits per heavy atom. The molecule has 0 unspecified atom stereocenters. The van der Waals surface area contributed by atoms with E-state index in [-0.39, 0.29) is 25.3 Å². The minimum atomic E-state index is -0.778. The first-order valence-corrected chi connectivity index (χ1v) is 7.80. The van der Waals surface area contributed by atoms with Crippen molar-refractivity contribution in [1.29, 1.82) is 0 Å². The fourth-order valence-electron chi connectivity index (χ4n) is 2.79. The minimum Gasteiger partial charge on any atom is -0.381 e. The van der Waals surface area contributed by atoms with Crippen LogP contribution in [0, 0.1) is 12.3 Å². The summed E-state index contributed by atoms with van der Waals surface area (Å²) in [6, 6.07) is 0. The second kappa shape index (κ2) is 7.43. The van der Waals surface area contributed by atoms with Crippen molar-refractivity contribution in [3.8, 4) is 0 Å². The van der Waals surface area contributed by atoms with Crippen molar-refractivity contribution in [2.24, 2.45) is 11.1 Å². The number of aromatic amines is 2. The minimum absolute atomic E-state index is 0.0707. The van der Waals surface area contributed by atoms with Crippen molar-refractivity contribution in [3.63, 3.8) is 0 Å². The molecule has 0 spiro atoms. The van der Waals surface area contributed by atoms with Gasteiger partial charge in [-0.05, 0) is 26.2 Å². The van der Waals surface area contributed by atoms with Crippen LogP contribution in [-0.4, -0.2) is 41.5 Å². The van der Waals surface area contributed by atoms with Crippen LogP contribution in [0.3, 0.4) is 0 Å². The van der Waals surface area contributed by atoms with E-state index < -0.39 is 22.6 Å². The topological polar surface area (TPSA) is 147 Å². The number of aryl methyl sites for hydroxylation is 1. The number of amides is 2. The molecule has 0 aliphatic carbocycles. The number of primary amides is 1. The molecular weight excluding hydrogens is 316 g/mol. The fraction of sp³-hybridized carbons (Fsp3) is 0.600. The maximum Gasteiger partial charge on any atom is 0.325 e. The maximum atomic E-state index is 12.0. The highest BCUT2D eigenvalue weighted by atomic mass is 16.5. The molecule has 9 heteroatoms. The molecule has 1 aromatic rings. The first-order chi connectivity index (χ1) is 11.3. The van der Waals surface area contributed by atoms with Crippen LogP contribution in [-0.2, 0) is 20.7 Å². The Hall–Kier alpha value is -2.42. The summed E-state index contributed by atoms with van der Waals surface area (Å²) in [7, 11) is 0. The van der Waals surface area contributed by atoms with Gasteiger partial charge in [-0.25, -0.2) is 4.79 Å². The van der Waals surface area contributed by atoms with E-state index in [1.165, 1.54) is 0 Å². The summed E-state index contributed by atoms with van der Waals surface area (Å²) >= 11 is 0. The number of nitrogens with one attached hydrogen (secondary N) is 3. The fourth-order valence-corrected chi connectivity index (χ4v) is 2.79. The lowest BCUT2D eigenvalue weighted by molar-refractivity contribution is -0.134. The Morgan fingerprint density at radius 3 is 2.50 bits per heavy atom. The SMILES string of the molecule is Cc1[nH]c(=O)[nH]c(=O)c1CCC(=O)NCC1(C(N)=O)CCOCC1. The Morgan fingerprint density at radius 2 is 1.92 bits per heavy atom. The Kier molecular flexibility index (Phi) is 5.55. The number of ether oxygens (including phenoxy) is 1. The van der Waals surface area contributed by atoms with Crippen LogP contribution >= 0.6 is 0 Å². The van der Waals surface area contributed by atoms with Crippen LogP contribution in [0.4, 0.5) is 0 Å². The van der Waals surface area contributed by atoms with Crippen LogP contribution in [0.15, 0.2) is 9.59 Å². The van der Waals surface area contributed by atoms with E-state index >= 15 is 0 Å². The molecule has 2 rings (SSSR count). The molecule has 0 bridgehead atoms. The zero-order chi connectivity index (χ0) is 17.7. The van der Waals surface area contributed by atoms with Crippen molar-refractivity contribution in [3.05, 3.63) is 32.1 Å². The van der Waals surface area contributed by atoms with E-state index in [1.54, 1.807) is 6.92 Å². The summed E-state index contributed by atoms with van der Waals surface area (Å²) in [4.78, 5) is 51.3. The van der Waals surface area contributed by atoms with Crippen molar-refractivity contribution < 1.29 is 14.3 Å². The van der Waals surface area contributed by atoms with E-state index in [4.69, 9.17) is 10.5 Å². The predicted octanol–water partition coefficient (Wildman–Crippen LogP) is -1.30. The van der Waals surface area contributed by atoms with Gasteiger partial charge in [0.2, 0.25) is 11.8 Å². The number of carbonyl (C=O) groups excluding carboxylic acids is 2. The molecule has 5 N–H and O–H groups in total. The normalized spacial score (nSPS) is 16.5. The lowest BCUT2D eigenvalue weighted by Crippen LogP contribution is -2.49. The van der Waals surface area contributed by atoms with Gasteiger partial charge in [0.25, 0.3) is 5.56 Å². The highest BCUT2D eigenvalue weighted by Crippen LogP contribution is 2.29. The zero-order valence-corrected chi connectivity index (χ0v) is 13.6. The van der Waals surface area contributed by atoms with Crippen LogP contribution in [0.1, 0.15) is 30.5 Å². The zero-order valence-electron chi connectivity index (χ0n) is 13.6. The number of aromatic nitrogens is 2. The second-order valence-electron chi connectivity index (χ2n) is 6.05. The third-order valence-corrected chi connectivity index (χ3v) is 4.45. The molecule has 0 radical (unpaired) electrons. The van der Waals surface area contributed by atoms with Gasteiger partial charge in [-0.15, -0.1) is 0 Å². The average molecular weight is 338 g/mol. The smallest absolute Gasteiger partial charge is 0.325 e. The number of H-pyrrole nitrogens is 2. The first kappa shape index (κ1) is 17.9. The van der Waals surface area contributed by atoms with Gasteiger partial charge >= 0.3 is 5.69 Å². The van der Waals surface area contributed by atoms with Gasteiger partial charge in [0.1, 0.15) is 0 Å². The van der Waals surface area contributed by atoms with Crippen LogP contribution in [0.2, 0.25) is 0 Å². The van der Waals surface area contributed by atoms with Crippen molar-refractivity contribution in [2.45, 2.75) is 32.6 Å². The summed E-state index contributed by atoms with van der Waals surface area (Å²) in [6.07, 6.45) is 1.21. The van der Waals surface area contributed by atoms with Gasteiger partial charge in [0, 0.05) is 37.4 Å². The van der Waals surface area contributed by atoms with E-state index in [0.717, 1.165) is 0 Å². The molecule has 1 aliphatic rings. The lowest BCUT2D eigenvalue weighted by atomic mass is 9.79. The number of hydrogen-bond acceptors (Lipinski definition) is 5. The number of carbonyl (C=O) groups is 2. The van der Waals surface area contributed by atoms with Crippen LogP contribution in [0.25, 0.3) is 0 Å². The van der Waals surface area contributed by atoms with E-state index in [2.05, 4.69) is 15.3 Å². The Labute approximate surface area is 138 Å². The van der Waals surface area contributed by atoms with Crippen LogP contribution < -0.4 is 22.3 Å². The summed E-state index contributed by atoms with van der Waals surface area (Å²) < 4.78 is 5.24. The molecule has 1 aromatic heterocycles. The molecule has 0 aromatic carbocycles. The first-order valence-electron chi connectivity index (χ1n) is 7.80. The van der Waals surface area contributed by atoms with E-state index in [0.29, 0.717) is 37.3 Å². The molecule has 1 fully saturated rings. The number of rotatable bonds is 6. The molecular formula is C15H22N4O5. The molecule has 2 heterocycles. The summed E-state index contributed by atoms with van der Waals surface area (Å²) in [6.45, 7) is 2.63. The van der Waals surface area contributed by atoms with E-state index in [9.17, 15) is 19.2 Å². The summed E-state index contributed by atoms with van der Waals surface area (Å²) in [5.74, 6) is -0.730.